The van der Waals surface area contributed by atoms with E-state index in [9.17, 15) is 9.59 Å². The van der Waals surface area contributed by atoms with Gasteiger partial charge in [0.15, 0.2) is 12.1 Å². The lowest BCUT2D eigenvalue weighted by Crippen LogP contribution is -2.27. The van der Waals surface area contributed by atoms with E-state index in [1.807, 2.05) is 0 Å². The Labute approximate surface area is 93.7 Å². The summed E-state index contributed by atoms with van der Waals surface area (Å²) in [4.78, 5) is 27.3. The van der Waals surface area contributed by atoms with Gasteiger partial charge < -0.3 is 5.11 Å². The number of carbonyl (C=O) groups is 2. The molecule has 0 saturated carbocycles. The smallest absolute Gasteiger partial charge is 0.172 e. The molecule has 0 radical (unpaired) electrons. The van der Waals surface area contributed by atoms with Crippen molar-refractivity contribution in [2.24, 2.45) is 0 Å². The number of likely N-dealkylation sites (N-methyl/N-ethyl adjacent to an activating group) is 1. The minimum atomic E-state index is -0.452. The minimum Gasteiger partial charge on any atom is -0.389 e. The van der Waals surface area contributed by atoms with Crippen LogP contribution in [0, 0.1) is 0 Å². The molecule has 1 aromatic heterocycles. The number of ketones is 1. The van der Waals surface area contributed by atoms with Crippen LogP contribution in [0.1, 0.15) is 16.2 Å². The number of hydrogen-bond donors (Lipinski definition) is 1. The highest BCUT2D eigenvalue weighted by Gasteiger charge is 2.06. The monoisotopic (exact) mass is 222 g/mol. The van der Waals surface area contributed by atoms with Gasteiger partial charge in [-0.1, -0.05) is 6.07 Å². The van der Waals surface area contributed by atoms with Crippen LogP contribution in [0.5, 0.6) is 0 Å². The molecule has 0 aliphatic rings. The standard InChI is InChI=1S/C11H14N2O3/c1-13(6-11(16)8-15)5-9-3-2-4-10(7-14)12-9/h2-4,7,15H,5-6,8H2,1H3. The lowest BCUT2D eigenvalue weighted by molar-refractivity contribution is -0.122. The quantitative estimate of drug-likeness (QED) is 0.680. The topological polar surface area (TPSA) is 70.5 Å². The summed E-state index contributed by atoms with van der Waals surface area (Å²) in [6, 6.07) is 5.15. The second-order valence-electron chi connectivity index (χ2n) is 3.54. The summed E-state index contributed by atoms with van der Waals surface area (Å²) in [5, 5.41) is 8.59. The summed E-state index contributed by atoms with van der Waals surface area (Å²) in [5.41, 5.74) is 1.09. The fourth-order valence-corrected chi connectivity index (χ4v) is 1.34. The van der Waals surface area contributed by atoms with Crippen molar-refractivity contribution in [3.05, 3.63) is 29.6 Å². The van der Waals surface area contributed by atoms with Crippen molar-refractivity contribution in [1.29, 1.82) is 0 Å². The Bertz CT molecular complexity index is 379. The molecule has 0 spiro atoms. The highest BCUT2D eigenvalue weighted by atomic mass is 16.3. The Morgan fingerprint density at radius 2 is 2.31 bits per heavy atom. The average Bonchev–Trinajstić information content (AvgIpc) is 2.28. The van der Waals surface area contributed by atoms with Gasteiger partial charge in [0.05, 0.1) is 12.2 Å². The van der Waals surface area contributed by atoms with E-state index in [0.29, 0.717) is 18.5 Å². The Balaban J connectivity index is 2.58. The van der Waals surface area contributed by atoms with E-state index < -0.39 is 6.61 Å². The summed E-state index contributed by atoms with van der Waals surface area (Å²) >= 11 is 0. The van der Waals surface area contributed by atoms with Crippen LogP contribution in [0.25, 0.3) is 0 Å². The number of pyridine rings is 1. The summed E-state index contributed by atoms with van der Waals surface area (Å²) < 4.78 is 0. The zero-order valence-corrected chi connectivity index (χ0v) is 9.09. The van der Waals surface area contributed by atoms with Crippen molar-refractivity contribution in [2.45, 2.75) is 6.54 Å². The normalized spacial score (nSPS) is 10.4. The maximum Gasteiger partial charge on any atom is 0.172 e. The maximum absolute atomic E-state index is 11.0. The van der Waals surface area contributed by atoms with Crippen LogP contribution in [-0.4, -0.2) is 47.3 Å². The van der Waals surface area contributed by atoms with Crippen LogP contribution in [0.2, 0.25) is 0 Å². The molecule has 1 rings (SSSR count). The molecule has 0 amide bonds. The maximum atomic E-state index is 11.0. The molecule has 0 aliphatic carbocycles. The van der Waals surface area contributed by atoms with Crippen LogP contribution in [0.3, 0.4) is 0 Å². The molecule has 16 heavy (non-hydrogen) atoms. The van der Waals surface area contributed by atoms with E-state index in [2.05, 4.69) is 4.98 Å². The summed E-state index contributed by atoms with van der Waals surface area (Å²) in [7, 11) is 1.75. The van der Waals surface area contributed by atoms with Gasteiger partial charge in [0.2, 0.25) is 0 Å². The van der Waals surface area contributed by atoms with Gasteiger partial charge in [-0.05, 0) is 19.2 Å². The molecule has 1 heterocycles. The van der Waals surface area contributed by atoms with E-state index in [4.69, 9.17) is 5.11 Å². The molecule has 1 N–H and O–H groups in total. The number of aliphatic hydroxyl groups is 1. The second-order valence-corrected chi connectivity index (χ2v) is 3.54. The molecule has 0 atom stereocenters. The van der Waals surface area contributed by atoms with Crippen LogP contribution >= 0.6 is 0 Å². The SMILES string of the molecule is CN(CC(=O)CO)Cc1cccc(C=O)n1. The van der Waals surface area contributed by atoms with Crippen molar-refractivity contribution in [3.63, 3.8) is 0 Å². The number of hydrogen-bond acceptors (Lipinski definition) is 5. The third-order valence-electron chi connectivity index (χ3n) is 2.00. The average molecular weight is 222 g/mol. The lowest BCUT2D eigenvalue weighted by Gasteiger charge is -2.14. The van der Waals surface area contributed by atoms with E-state index in [1.54, 1.807) is 30.1 Å². The molecule has 86 valence electrons. The highest BCUT2D eigenvalue weighted by Crippen LogP contribution is 2.01. The van der Waals surface area contributed by atoms with Crippen LogP contribution in [-0.2, 0) is 11.3 Å². The number of aldehydes is 1. The van der Waals surface area contributed by atoms with Crippen molar-refractivity contribution in [2.75, 3.05) is 20.2 Å². The van der Waals surface area contributed by atoms with Gasteiger partial charge in [-0.15, -0.1) is 0 Å². The first kappa shape index (κ1) is 12.5. The fourth-order valence-electron chi connectivity index (χ4n) is 1.34. The Hall–Kier alpha value is -1.59. The van der Waals surface area contributed by atoms with Gasteiger partial charge in [0, 0.05) is 6.54 Å². The largest absolute Gasteiger partial charge is 0.389 e. The van der Waals surface area contributed by atoms with Gasteiger partial charge in [0.1, 0.15) is 12.3 Å². The zero-order valence-electron chi connectivity index (χ0n) is 9.09. The van der Waals surface area contributed by atoms with Gasteiger partial charge in [-0.25, -0.2) is 4.98 Å². The van der Waals surface area contributed by atoms with Crippen LogP contribution in [0.4, 0.5) is 0 Å². The molecule has 1 aromatic rings. The summed E-state index contributed by atoms with van der Waals surface area (Å²) in [5.74, 6) is -0.242. The van der Waals surface area contributed by atoms with Gasteiger partial charge in [-0.3, -0.25) is 14.5 Å². The Morgan fingerprint density at radius 3 is 2.94 bits per heavy atom. The van der Waals surface area contributed by atoms with Gasteiger partial charge in [-0.2, -0.15) is 0 Å². The van der Waals surface area contributed by atoms with E-state index in [-0.39, 0.29) is 12.3 Å². The first-order valence-electron chi connectivity index (χ1n) is 4.88. The van der Waals surface area contributed by atoms with Crippen LogP contribution in [0.15, 0.2) is 18.2 Å². The van der Waals surface area contributed by atoms with E-state index >= 15 is 0 Å². The number of nitrogens with zero attached hydrogens (tertiary/aromatic N) is 2. The Kier molecular flexibility index (Phi) is 4.75. The second kappa shape index (κ2) is 6.09. The molecule has 0 bridgehead atoms. The number of aliphatic hydroxyl groups excluding tert-OH is 1. The van der Waals surface area contributed by atoms with Gasteiger partial charge >= 0.3 is 0 Å². The summed E-state index contributed by atoms with van der Waals surface area (Å²) in [6.45, 7) is 0.184. The molecule has 0 unspecified atom stereocenters. The van der Waals surface area contributed by atoms with E-state index in [1.165, 1.54) is 0 Å². The first-order chi connectivity index (χ1) is 7.65. The highest BCUT2D eigenvalue weighted by molar-refractivity contribution is 5.81. The number of Topliss-reactive ketones (excluding diaryl/α,β-unsaturated/α-hetero) is 1. The third-order valence-corrected chi connectivity index (χ3v) is 2.00. The number of aromatic nitrogens is 1. The lowest BCUT2D eigenvalue weighted by atomic mass is 10.3. The van der Waals surface area contributed by atoms with Crippen molar-refractivity contribution in [3.8, 4) is 0 Å². The van der Waals surface area contributed by atoms with Gasteiger partial charge in [0.25, 0.3) is 0 Å². The van der Waals surface area contributed by atoms with Crippen molar-refractivity contribution < 1.29 is 14.7 Å². The van der Waals surface area contributed by atoms with Crippen molar-refractivity contribution >= 4 is 12.1 Å². The molecule has 0 aromatic carbocycles. The molecule has 0 aliphatic heterocycles. The summed E-state index contributed by atoms with van der Waals surface area (Å²) in [6.07, 6.45) is 0.683. The Morgan fingerprint density at radius 1 is 1.56 bits per heavy atom. The minimum absolute atomic E-state index is 0.170. The molecular formula is C11H14N2O3. The third kappa shape index (κ3) is 3.88. The molecule has 5 nitrogen and oxygen atoms in total. The zero-order chi connectivity index (χ0) is 12.0. The first-order valence-corrected chi connectivity index (χ1v) is 4.88. The predicted molar refractivity (Wildman–Crippen MR) is 58.1 cm³/mol. The predicted octanol–water partition coefficient (Wildman–Crippen LogP) is -0.113. The number of carbonyl (C=O) groups excluding carboxylic acids is 2. The molecule has 0 saturated heterocycles. The fraction of sp³-hybridized carbons (Fsp3) is 0.364. The molecule has 0 fully saturated rings. The van der Waals surface area contributed by atoms with E-state index in [0.717, 1.165) is 5.69 Å². The number of rotatable bonds is 6. The molecular weight excluding hydrogens is 208 g/mol. The molecule has 5 heteroatoms. The van der Waals surface area contributed by atoms with Crippen LogP contribution < -0.4 is 0 Å². The van der Waals surface area contributed by atoms with Crippen molar-refractivity contribution in [1.82, 2.24) is 9.88 Å².